The van der Waals surface area contributed by atoms with Gasteiger partial charge in [0.2, 0.25) is 5.89 Å². The molecule has 5 heteroatoms. The zero-order valence-electron chi connectivity index (χ0n) is 16.5. The van der Waals surface area contributed by atoms with Gasteiger partial charge in [0, 0.05) is 48.4 Å². The highest BCUT2D eigenvalue weighted by Crippen LogP contribution is 2.36. The summed E-state index contributed by atoms with van der Waals surface area (Å²) < 4.78 is 8.31. The number of nitrogens with zero attached hydrogens (tertiary/aromatic N) is 3. The van der Waals surface area contributed by atoms with Gasteiger partial charge in [0.25, 0.3) is 5.91 Å². The maximum Gasteiger partial charge on any atom is 0.276 e. The minimum Gasteiger partial charge on any atom is -0.435 e. The number of oxazole rings is 1. The van der Waals surface area contributed by atoms with Crippen LogP contribution in [0, 0.1) is 0 Å². The van der Waals surface area contributed by atoms with E-state index in [1.54, 1.807) is 0 Å². The predicted octanol–water partition coefficient (Wildman–Crippen LogP) is 5.13. The average Bonchev–Trinajstić information content (AvgIpc) is 3.36. The maximum absolute atomic E-state index is 13.4. The summed E-state index contributed by atoms with van der Waals surface area (Å²) in [4.78, 5) is 20.0. The molecule has 4 aromatic rings. The molecule has 1 saturated heterocycles. The highest BCUT2D eigenvalue weighted by molar-refractivity contribution is 6.03. The molecule has 29 heavy (non-hydrogen) atoms. The Morgan fingerprint density at radius 2 is 1.69 bits per heavy atom. The summed E-state index contributed by atoms with van der Waals surface area (Å²) in [5, 5.41) is 1.05. The number of carbonyl (C=O) groups is 1. The molecule has 1 amide bonds. The Labute approximate surface area is 169 Å². The largest absolute Gasteiger partial charge is 0.435 e. The van der Waals surface area contributed by atoms with Crippen LogP contribution in [0.4, 0.5) is 0 Å². The molecule has 0 saturated carbocycles. The number of piperidine rings is 1. The summed E-state index contributed by atoms with van der Waals surface area (Å²) in [6, 6.07) is 17.9. The summed E-state index contributed by atoms with van der Waals surface area (Å²) >= 11 is 0. The molecule has 5 rings (SSSR count). The fraction of sp³-hybridized carbons (Fsp3) is 0.250. The number of hydrogen-bond donors (Lipinski definition) is 0. The summed E-state index contributed by atoms with van der Waals surface area (Å²) in [6.07, 6.45) is 5.28. The lowest BCUT2D eigenvalue weighted by atomic mass is 10.1. The Kier molecular flexibility index (Phi) is 4.43. The number of fused-ring (bicyclic) bond motifs is 1. The van der Waals surface area contributed by atoms with Gasteiger partial charge in [0.15, 0.2) is 11.5 Å². The van der Waals surface area contributed by atoms with Crippen LogP contribution in [0.15, 0.2) is 65.2 Å². The van der Waals surface area contributed by atoms with E-state index in [1.807, 2.05) is 60.6 Å². The standard InChI is InChI=1S/C24H23N3O2/c1-26-16-19(18-12-6-7-13-20(18)26)22-21(24(28)27-14-8-3-9-15-27)25-23(29-22)17-10-4-2-5-11-17/h2,4-7,10-13,16H,3,8-9,14-15H2,1H3. The molecule has 5 nitrogen and oxygen atoms in total. The van der Waals surface area contributed by atoms with Crippen LogP contribution in [0.3, 0.4) is 0 Å². The second kappa shape index (κ2) is 7.24. The van der Waals surface area contributed by atoms with Crippen LogP contribution < -0.4 is 0 Å². The Balaban J connectivity index is 1.68. The first kappa shape index (κ1) is 17.7. The van der Waals surface area contributed by atoms with E-state index in [0.717, 1.165) is 48.0 Å². The smallest absolute Gasteiger partial charge is 0.276 e. The first-order valence-corrected chi connectivity index (χ1v) is 10.1. The number of hydrogen-bond acceptors (Lipinski definition) is 3. The molecule has 0 bridgehead atoms. The molecule has 0 aliphatic carbocycles. The lowest BCUT2D eigenvalue weighted by Gasteiger charge is -2.26. The number of para-hydroxylation sites is 1. The van der Waals surface area contributed by atoms with Crippen molar-refractivity contribution < 1.29 is 9.21 Å². The van der Waals surface area contributed by atoms with E-state index in [-0.39, 0.29) is 5.91 Å². The molecule has 1 fully saturated rings. The molecule has 2 aromatic heterocycles. The van der Waals surface area contributed by atoms with Crippen molar-refractivity contribution >= 4 is 16.8 Å². The molecule has 0 atom stereocenters. The van der Waals surface area contributed by atoms with Crippen LogP contribution in [0.5, 0.6) is 0 Å². The van der Waals surface area contributed by atoms with Crippen LogP contribution in [0.2, 0.25) is 0 Å². The number of rotatable bonds is 3. The van der Waals surface area contributed by atoms with Crippen molar-refractivity contribution in [1.82, 2.24) is 14.5 Å². The molecule has 0 spiro atoms. The molecule has 1 aliphatic heterocycles. The van der Waals surface area contributed by atoms with E-state index in [4.69, 9.17) is 4.42 Å². The third-order valence-electron chi connectivity index (χ3n) is 5.64. The van der Waals surface area contributed by atoms with Gasteiger partial charge in [-0.25, -0.2) is 4.98 Å². The number of aryl methyl sites for hydroxylation is 1. The van der Waals surface area contributed by atoms with E-state index in [2.05, 4.69) is 21.7 Å². The number of carbonyl (C=O) groups excluding carboxylic acids is 1. The minimum atomic E-state index is -0.0430. The van der Waals surface area contributed by atoms with Gasteiger partial charge >= 0.3 is 0 Å². The van der Waals surface area contributed by atoms with Crippen molar-refractivity contribution in [3.8, 4) is 22.8 Å². The van der Waals surface area contributed by atoms with E-state index in [1.165, 1.54) is 6.42 Å². The zero-order chi connectivity index (χ0) is 19.8. The zero-order valence-corrected chi connectivity index (χ0v) is 16.5. The van der Waals surface area contributed by atoms with Crippen LogP contribution in [-0.4, -0.2) is 33.4 Å². The fourth-order valence-electron chi connectivity index (χ4n) is 4.12. The minimum absolute atomic E-state index is 0.0430. The van der Waals surface area contributed by atoms with Gasteiger partial charge in [0.05, 0.1) is 0 Å². The summed E-state index contributed by atoms with van der Waals surface area (Å²) in [6.45, 7) is 1.56. The SMILES string of the molecule is Cn1cc(-c2oc(-c3ccccc3)nc2C(=O)N2CCCCC2)c2ccccc21. The highest BCUT2D eigenvalue weighted by atomic mass is 16.4. The number of aromatic nitrogens is 2. The Hall–Kier alpha value is -3.34. The van der Waals surface area contributed by atoms with E-state index < -0.39 is 0 Å². The molecule has 0 radical (unpaired) electrons. The van der Waals surface area contributed by atoms with E-state index in [9.17, 15) is 4.79 Å². The third kappa shape index (κ3) is 3.12. The van der Waals surface area contributed by atoms with Gasteiger partial charge in [-0.2, -0.15) is 0 Å². The van der Waals surface area contributed by atoms with Gasteiger partial charge in [-0.1, -0.05) is 36.4 Å². The Bertz CT molecular complexity index is 1170. The third-order valence-corrected chi connectivity index (χ3v) is 5.64. The van der Waals surface area contributed by atoms with Gasteiger partial charge in [-0.15, -0.1) is 0 Å². The number of likely N-dealkylation sites (tertiary alicyclic amines) is 1. The molecule has 0 unspecified atom stereocenters. The normalized spacial score (nSPS) is 14.4. The quantitative estimate of drug-likeness (QED) is 0.491. The molecular weight excluding hydrogens is 362 g/mol. The van der Waals surface area contributed by atoms with Crippen LogP contribution in [0.1, 0.15) is 29.8 Å². The van der Waals surface area contributed by atoms with Crippen molar-refractivity contribution in [2.45, 2.75) is 19.3 Å². The fourth-order valence-corrected chi connectivity index (χ4v) is 4.12. The van der Waals surface area contributed by atoms with Crippen LogP contribution in [-0.2, 0) is 7.05 Å². The first-order chi connectivity index (χ1) is 14.2. The number of benzene rings is 2. The average molecular weight is 385 g/mol. The predicted molar refractivity (Wildman–Crippen MR) is 114 cm³/mol. The maximum atomic E-state index is 13.4. The lowest BCUT2D eigenvalue weighted by molar-refractivity contribution is 0.0719. The van der Waals surface area contributed by atoms with Crippen molar-refractivity contribution in [3.63, 3.8) is 0 Å². The molecule has 0 N–H and O–H groups in total. The monoisotopic (exact) mass is 385 g/mol. The van der Waals surface area contributed by atoms with Crippen LogP contribution in [0.25, 0.3) is 33.7 Å². The lowest BCUT2D eigenvalue weighted by Crippen LogP contribution is -2.36. The molecule has 3 heterocycles. The second-order valence-electron chi connectivity index (χ2n) is 7.59. The van der Waals surface area contributed by atoms with Crippen molar-refractivity contribution in [3.05, 3.63) is 66.5 Å². The highest BCUT2D eigenvalue weighted by Gasteiger charge is 2.28. The van der Waals surface area contributed by atoms with Crippen LogP contribution >= 0.6 is 0 Å². The van der Waals surface area contributed by atoms with Gasteiger partial charge in [0.1, 0.15) is 0 Å². The van der Waals surface area contributed by atoms with Crippen molar-refractivity contribution in [2.75, 3.05) is 13.1 Å². The first-order valence-electron chi connectivity index (χ1n) is 10.1. The summed E-state index contributed by atoms with van der Waals surface area (Å²) in [5.74, 6) is 0.990. The molecular formula is C24H23N3O2. The molecule has 2 aromatic carbocycles. The molecule has 146 valence electrons. The van der Waals surface area contributed by atoms with Gasteiger partial charge in [-0.3, -0.25) is 4.79 Å². The van der Waals surface area contributed by atoms with E-state index in [0.29, 0.717) is 17.3 Å². The topological polar surface area (TPSA) is 51.3 Å². The van der Waals surface area contributed by atoms with Crippen molar-refractivity contribution in [2.24, 2.45) is 7.05 Å². The summed E-state index contributed by atoms with van der Waals surface area (Å²) in [5.41, 5.74) is 3.27. The van der Waals surface area contributed by atoms with Gasteiger partial charge in [-0.05, 0) is 37.5 Å². The van der Waals surface area contributed by atoms with Gasteiger partial charge < -0.3 is 13.9 Å². The van der Waals surface area contributed by atoms with E-state index >= 15 is 0 Å². The van der Waals surface area contributed by atoms with Crippen molar-refractivity contribution in [1.29, 1.82) is 0 Å². The Morgan fingerprint density at radius 1 is 0.966 bits per heavy atom. The summed E-state index contributed by atoms with van der Waals surface area (Å²) in [7, 11) is 2.01. The second-order valence-corrected chi connectivity index (χ2v) is 7.59. The Morgan fingerprint density at radius 3 is 2.48 bits per heavy atom. The molecule has 1 aliphatic rings. The number of amides is 1.